The van der Waals surface area contributed by atoms with Gasteiger partial charge in [0.25, 0.3) is 0 Å². The van der Waals surface area contributed by atoms with E-state index < -0.39 is 0 Å². The minimum Gasteiger partial charge on any atom is -0.316 e. The standard InChI is InChI=1S/C21H15NO.C2H6/c23-21(16-9-3-1-4-10-16)19-15-22(17-11-5-2-6-12-17)20-14-8-7-13-18(19)20;1-2/h1-15H;1-2H3. The van der Waals surface area contributed by atoms with E-state index in [0.717, 1.165) is 22.2 Å². The lowest BCUT2D eigenvalue weighted by Gasteiger charge is -2.04. The van der Waals surface area contributed by atoms with Gasteiger partial charge in [-0.2, -0.15) is 0 Å². The van der Waals surface area contributed by atoms with Gasteiger partial charge in [0, 0.05) is 28.4 Å². The van der Waals surface area contributed by atoms with Crippen molar-refractivity contribution in [1.29, 1.82) is 0 Å². The van der Waals surface area contributed by atoms with Crippen LogP contribution in [-0.2, 0) is 0 Å². The van der Waals surface area contributed by atoms with Crippen LogP contribution in [-0.4, -0.2) is 10.4 Å². The zero-order chi connectivity index (χ0) is 17.6. The molecular weight excluding hydrogens is 306 g/mol. The van der Waals surface area contributed by atoms with Crippen molar-refractivity contribution in [3.05, 3.63) is 102 Å². The number of carbonyl (C=O) groups is 1. The second-order valence-electron chi connectivity index (χ2n) is 5.46. The van der Waals surface area contributed by atoms with Crippen LogP contribution >= 0.6 is 0 Å². The molecule has 0 spiro atoms. The van der Waals surface area contributed by atoms with Crippen molar-refractivity contribution in [2.45, 2.75) is 13.8 Å². The van der Waals surface area contributed by atoms with E-state index in [1.54, 1.807) is 0 Å². The van der Waals surface area contributed by atoms with E-state index in [0.29, 0.717) is 5.56 Å². The lowest BCUT2D eigenvalue weighted by Crippen LogP contribution is -2.00. The monoisotopic (exact) mass is 327 g/mol. The molecule has 0 radical (unpaired) electrons. The van der Waals surface area contributed by atoms with E-state index in [-0.39, 0.29) is 5.78 Å². The first-order chi connectivity index (χ1) is 12.3. The van der Waals surface area contributed by atoms with Gasteiger partial charge in [-0.05, 0) is 18.2 Å². The zero-order valence-electron chi connectivity index (χ0n) is 14.5. The van der Waals surface area contributed by atoms with Gasteiger partial charge in [-0.15, -0.1) is 0 Å². The Morgan fingerprint density at radius 2 is 1.28 bits per heavy atom. The molecule has 0 aliphatic carbocycles. The number of nitrogens with zero attached hydrogens (tertiary/aromatic N) is 1. The zero-order valence-corrected chi connectivity index (χ0v) is 14.5. The minimum atomic E-state index is 0.0523. The van der Waals surface area contributed by atoms with E-state index in [9.17, 15) is 4.79 Å². The van der Waals surface area contributed by atoms with E-state index >= 15 is 0 Å². The van der Waals surface area contributed by atoms with E-state index in [4.69, 9.17) is 0 Å². The van der Waals surface area contributed by atoms with Crippen LogP contribution in [0.1, 0.15) is 29.8 Å². The second kappa shape index (κ2) is 7.63. The van der Waals surface area contributed by atoms with Gasteiger partial charge in [0.15, 0.2) is 5.78 Å². The highest BCUT2D eigenvalue weighted by atomic mass is 16.1. The highest BCUT2D eigenvalue weighted by molar-refractivity contribution is 6.16. The maximum absolute atomic E-state index is 12.9. The normalized spacial score (nSPS) is 10.2. The Kier molecular flexibility index (Phi) is 5.10. The van der Waals surface area contributed by atoms with Gasteiger partial charge in [-0.25, -0.2) is 0 Å². The molecule has 0 aliphatic rings. The Balaban J connectivity index is 0.000000880. The first-order valence-electron chi connectivity index (χ1n) is 8.60. The number of para-hydroxylation sites is 2. The Bertz CT molecular complexity index is 969. The molecule has 2 nitrogen and oxygen atoms in total. The number of aromatic nitrogens is 1. The third-order valence-corrected chi connectivity index (χ3v) is 4.03. The molecule has 0 amide bonds. The van der Waals surface area contributed by atoms with Crippen molar-refractivity contribution in [2.24, 2.45) is 0 Å². The molecule has 0 fully saturated rings. The Morgan fingerprint density at radius 1 is 0.720 bits per heavy atom. The summed E-state index contributed by atoms with van der Waals surface area (Å²) < 4.78 is 2.07. The smallest absolute Gasteiger partial charge is 0.195 e. The number of hydrogen-bond donors (Lipinski definition) is 0. The van der Waals surface area contributed by atoms with Crippen LogP contribution in [0.4, 0.5) is 0 Å². The molecule has 124 valence electrons. The molecule has 2 heteroatoms. The molecule has 4 rings (SSSR count). The molecule has 1 aromatic heterocycles. The predicted octanol–water partition coefficient (Wildman–Crippen LogP) is 5.89. The fourth-order valence-electron chi connectivity index (χ4n) is 2.91. The van der Waals surface area contributed by atoms with E-state index in [2.05, 4.69) is 4.57 Å². The average molecular weight is 327 g/mol. The Morgan fingerprint density at radius 3 is 1.96 bits per heavy atom. The number of rotatable bonds is 3. The van der Waals surface area contributed by atoms with Crippen molar-refractivity contribution in [1.82, 2.24) is 4.57 Å². The molecule has 25 heavy (non-hydrogen) atoms. The van der Waals surface area contributed by atoms with Crippen LogP contribution in [0.25, 0.3) is 16.6 Å². The van der Waals surface area contributed by atoms with Gasteiger partial charge < -0.3 is 4.57 Å². The van der Waals surface area contributed by atoms with Crippen molar-refractivity contribution >= 4 is 16.7 Å². The van der Waals surface area contributed by atoms with Gasteiger partial charge in [-0.1, -0.05) is 80.6 Å². The van der Waals surface area contributed by atoms with Gasteiger partial charge in [-0.3, -0.25) is 4.79 Å². The first kappa shape index (κ1) is 16.7. The summed E-state index contributed by atoms with van der Waals surface area (Å²) in [5.74, 6) is 0.0523. The Hall–Kier alpha value is -3.13. The third kappa shape index (κ3) is 3.24. The van der Waals surface area contributed by atoms with Crippen molar-refractivity contribution in [3.8, 4) is 5.69 Å². The quantitative estimate of drug-likeness (QED) is 0.430. The van der Waals surface area contributed by atoms with Gasteiger partial charge in [0.2, 0.25) is 0 Å². The van der Waals surface area contributed by atoms with Gasteiger partial charge in [0.1, 0.15) is 0 Å². The molecule has 3 aromatic carbocycles. The van der Waals surface area contributed by atoms with Crippen LogP contribution in [0, 0.1) is 0 Å². The molecule has 0 saturated heterocycles. The third-order valence-electron chi connectivity index (χ3n) is 4.03. The van der Waals surface area contributed by atoms with Crippen LogP contribution in [0.5, 0.6) is 0 Å². The molecular formula is C23H21NO. The molecule has 0 bridgehead atoms. The van der Waals surface area contributed by atoms with Crippen LogP contribution in [0.3, 0.4) is 0 Å². The highest BCUT2D eigenvalue weighted by Crippen LogP contribution is 2.26. The van der Waals surface area contributed by atoms with E-state index in [1.807, 2.05) is 105 Å². The summed E-state index contributed by atoms with van der Waals surface area (Å²) in [7, 11) is 0. The fourth-order valence-corrected chi connectivity index (χ4v) is 2.91. The Labute approximate surface area is 148 Å². The summed E-state index contributed by atoms with van der Waals surface area (Å²) in [4.78, 5) is 12.9. The van der Waals surface area contributed by atoms with Crippen LogP contribution in [0.15, 0.2) is 91.1 Å². The number of ketones is 1. The number of fused-ring (bicyclic) bond motifs is 1. The summed E-state index contributed by atoms with van der Waals surface area (Å²) in [5.41, 5.74) is 3.54. The molecule has 0 aliphatic heterocycles. The maximum atomic E-state index is 12.9. The topological polar surface area (TPSA) is 22.0 Å². The SMILES string of the molecule is CC.O=C(c1ccccc1)c1cn(-c2ccccc2)c2ccccc12. The minimum absolute atomic E-state index is 0.0523. The number of carbonyl (C=O) groups excluding carboxylic acids is 1. The molecule has 0 unspecified atom stereocenters. The van der Waals surface area contributed by atoms with Crippen molar-refractivity contribution in [2.75, 3.05) is 0 Å². The molecule has 4 aromatic rings. The summed E-state index contributed by atoms with van der Waals surface area (Å²) >= 11 is 0. The van der Waals surface area contributed by atoms with Crippen molar-refractivity contribution < 1.29 is 4.79 Å². The molecule has 0 atom stereocenters. The summed E-state index contributed by atoms with van der Waals surface area (Å²) in [6, 6.07) is 27.5. The van der Waals surface area contributed by atoms with E-state index in [1.165, 1.54) is 0 Å². The molecule has 0 saturated carbocycles. The first-order valence-corrected chi connectivity index (χ1v) is 8.60. The van der Waals surface area contributed by atoms with Gasteiger partial charge >= 0.3 is 0 Å². The fraction of sp³-hybridized carbons (Fsp3) is 0.0870. The lowest BCUT2D eigenvalue weighted by atomic mass is 10.0. The predicted molar refractivity (Wildman–Crippen MR) is 104 cm³/mol. The lowest BCUT2D eigenvalue weighted by molar-refractivity contribution is 0.104. The highest BCUT2D eigenvalue weighted by Gasteiger charge is 2.16. The van der Waals surface area contributed by atoms with Crippen LogP contribution < -0.4 is 0 Å². The largest absolute Gasteiger partial charge is 0.316 e. The van der Waals surface area contributed by atoms with Crippen LogP contribution in [0.2, 0.25) is 0 Å². The summed E-state index contributed by atoms with van der Waals surface area (Å²) in [6.07, 6.45) is 1.94. The summed E-state index contributed by atoms with van der Waals surface area (Å²) in [5, 5.41) is 0.977. The van der Waals surface area contributed by atoms with Gasteiger partial charge in [0.05, 0.1) is 5.52 Å². The number of benzene rings is 3. The van der Waals surface area contributed by atoms with Crippen molar-refractivity contribution in [3.63, 3.8) is 0 Å². The summed E-state index contributed by atoms with van der Waals surface area (Å²) in [6.45, 7) is 4.00. The maximum Gasteiger partial charge on any atom is 0.195 e. The average Bonchev–Trinajstić information content (AvgIpc) is 3.10. The molecule has 1 heterocycles. The number of hydrogen-bond acceptors (Lipinski definition) is 1. The second-order valence-corrected chi connectivity index (χ2v) is 5.46. The molecule has 0 N–H and O–H groups in total.